The van der Waals surface area contributed by atoms with Crippen molar-refractivity contribution < 1.29 is 19.1 Å². The molecular formula is C16H23N3O4. The van der Waals surface area contributed by atoms with Gasteiger partial charge < -0.3 is 15.4 Å². The molecule has 1 aromatic carbocycles. The average Bonchev–Trinajstić information content (AvgIpc) is 2.52. The predicted octanol–water partition coefficient (Wildman–Crippen LogP) is 1.76. The Balaban J connectivity index is 2.38. The Bertz CT molecular complexity index is 558. The second kappa shape index (κ2) is 9.45. The van der Waals surface area contributed by atoms with E-state index in [1.54, 1.807) is 31.3 Å². The SMILES string of the molecule is CNc1ccccc1C(=O)OCC(=O)NC(=O)NCCC(C)C. The molecule has 0 radical (unpaired) electrons. The van der Waals surface area contributed by atoms with E-state index in [4.69, 9.17) is 4.74 Å². The molecule has 0 atom stereocenters. The highest BCUT2D eigenvalue weighted by molar-refractivity contribution is 5.99. The van der Waals surface area contributed by atoms with Crippen molar-refractivity contribution in [2.24, 2.45) is 5.92 Å². The van der Waals surface area contributed by atoms with Gasteiger partial charge in [-0.3, -0.25) is 10.1 Å². The first kappa shape index (κ1) is 18.5. The number of anilines is 1. The molecule has 0 aliphatic rings. The number of carbonyl (C=O) groups excluding carboxylic acids is 3. The third-order valence-electron chi connectivity index (χ3n) is 3.01. The summed E-state index contributed by atoms with van der Waals surface area (Å²) >= 11 is 0. The molecule has 126 valence electrons. The van der Waals surface area contributed by atoms with Gasteiger partial charge >= 0.3 is 12.0 Å². The average molecular weight is 321 g/mol. The van der Waals surface area contributed by atoms with E-state index in [-0.39, 0.29) is 0 Å². The Morgan fingerprint density at radius 2 is 1.87 bits per heavy atom. The summed E-state index contributed by atoms with van der Waals surface area (Å²) in [5, 5.41) is 7.53. The molecule has 7 nitrogen and oxygen atoms in total. The standard InChI is InChI=1S/C16H23N3O4/c1-11(2)8-9-18-16(22)19-14(20)10-23-15(21)12-6-4-5-7-13(12)17-3/h4-7,11,17H,8-10H2,1-3H3,(H2,18,19,20,22). The number of rotatable bonds is 7. The minimum atomic E-state index is -0.678. The van der Waals surface area contributed by atoms with E-state index < -0.39 is 24.5 Å². The van der Waals surface area contributed by atoms with Gasteiger partial charge in [-0.25, -0.2) is 9.59 Å². The second-order valence-electron chi connectivity index (χ2n) is 5.36. The summed E-state index contributed by atoms with van der Waals surface area (Å²) in [5.41, 5.74) is 0.925. The number of hydrogen-bond donors (Lipinski definition) is 3. The molecule has 7 heteroatoms. The topological polar surface area (TPSA) is 96.5 Å². The van der Waals surface area contributed by atoms with Gasteiger partial charge in [0.1, 0.15) is 0 Å². The quantitative estimate of drug-likeness (QED) is 0.665. The number of amides is 3. The highest BCUT2D eigenvalue weighted by Crippen LogP contribution is 2.14. The summed E-state index contributed by atoms with van der Waals surface area (Å²) < 4.78 is 4.90. The molecule has 0 fully saturated rings. The Labute approximate surface area is 135 Å². The van der Waals surface area contributed by atoms with Crippen molar-refractivity contribution in [3.8, 4) is 0 Å². The summed E-state index contributed by atoms with van der Waals surface area (Å²) in [6.45, 7) is 4.03. The van der Waals surface area contributed by atoms with E-state index in [1.165, 1.54) is 0 Å². The third-order valence-corrected chi connectivity index (χ3v) is 3.01. The lowest BCUT2D eigenvalue weighted by Crippen LogP contribution is -2.42. The van der Waals surface area contributed by atoms with Crippen LogP contribution in [-0.2, 0) is 9.53 Å². The van der Waals surface area contributed by atoms with Crippen molar-refractivity contribution in [1.82, 2.24) is 10.6 Å². The highest BCUT2D eigenvalue weighted by atomic mass is 16.5. The molecule has 1 aromatic rings. The number of ether oxygens (including phenoxy) is 1. The summed E-state index contributed by atoms with van der Waals surface area (Å²) in [4.78, 5) is 35.0. The lowest BCUT2D eigenvalue weighted by atomic mass is 10.1. The smallest absolute Gasteiger partial charge is 0.340 e. The van der Waals surface area contributed by atoms with Gasteiger partial charge in [0.15, 0.2) is 6.61 Å². The number of imide groups is 1. The van der Waals surface area contributed by atoms with Gasteiger partial charge in [-0.15, -0.1) is 0 Å². The second-order valence-corrected chi connectivity index (χ2v) is 5.36. The monoisotopic (exact) mass is 321 g/mol. The minimum absolute atomic E-state index is 0.323. The molecule has 3 N–H and O–H groups in total. The van der Waals surface area contributed by atoms with Crippen LogP contribution in [0.3, 0.4) is 0 Å². The fourth-order valence-electron chi connectivity index (χ4n) is 1.77. The first-order valence-electron chi connectivity index (χ1n) is 7.45. The maximum atomic E-state index is 11.9. The van der Waals surface area contributed by atoms with Crippen LogP contribution >= 0.6 is 0 Å². The van der Waals surface area contributed by atoms with E-state index >= 15 is 0 Å². The van der Waals surface area contributed by atoms with Crippen LogP contribution in [0.25, 0.3) is 0 Å². The Hall–Kier alpha value is -2.57. The zero-order valence-corrected chi connectivity index (χ0v) is 13.6. The zero-order chi connectivity index (χ0) is 17.2. The van der Waals surface area contributed by atoms with Crippen molar-refractivity contribution in [1.29, 1.82) is 0 Å². The fraction of sp³-hybridized carbons (Fsp3) is 0.438. The number of para-hydroxylation sites is 1. The first-order valence-corrected chi connectivity index (χ1v) is 7.45. The van der Waals surface area contributed by atoms with Gasteiger partial charge in [0.2, 0.25) is 0 Å². The molecule has 0 aliphatic carbocycles. The highest BCUT2D eigenvalue weighted by Gasteiger charge is 2.14. The maximum absolute atomic E-state index is 11.9. The molecule has 0 aromatic heterocycles. The number of nitrogens with one attached hydrogen (secondary N) is 3. The predicted molar refractivity (Wildman–Crippen MR) is 87.3 cm³/mol. The molecule has 0 unspecified atom stereocenters. The molecular weight excluding hydrogens is 298 g/mol. The molecule has 3 amide bonds. The zero-order valence-electron chi connectivity index (χ0n) is 13.6. The number of carbonyl (C=O) groups is 3. The van der Waals surface area contributed by atoms with Gasteiger partial charge in [0.05, 0.1) is 5.56 Å². The lowest BCUT2D eigenvalue weighted by Gasteiger charge is -2.10. The summed E-state index contributed by atoms with van der Waals surface area (Å²) in [6.07, 6.45) is 0.817. The van der Waals surface area contributed by atoms with Crippen LogP contribution in [0.4, 0.5) is 10.5 Å². The van der Waals surface area contributed by atoms with Gasteiger partial charge in [-0.05, 0) is 24.5 Å². The molecule has 23 heavy (non-hydrogen) atoms. The van der Waals surface area contributed by atoms with Crippen molar-refractivity contribution in [2.75, 3.05) is 25.5 Å². The van der Waals surface area contributed by atoms with Crippen LogP contribution in [0, 0.1) is 5.92 Å². The van der Waals surface area contributed by atoms with Crippen molar-refractivity contribution in [3.63, 3.8) is 0 Å². The molecule has 0 heterocycles. The van der Waals surface area contributed by atoms with Gasteiger partial charge in [0.25, 0.3) is 5.91 Å². The summed E-state index contributed by atoms with van der Waals surface area (Å²) in [7, 11) is 1.68. The lowest BCUT2D eigenvalue weighted by molar-refractivity contribution is -0.123. The van der Waals surface area contributed by atoms with Crippen LogP contribution in [0.5, 0.6) is 0 Å². The van der Waals surface area contributed by atoms with E-state index in [0.29, 0.717) is 23.7 Å². The van der Waals surface area contributed by atoms with Crippen molar-refractivity contribution in [3.05, 3.63) is 29.8 Å². The van der Waals surface area contributed by atoms with Crippen LogP contribution in [0.2, 0.25) is 0 Å². The Morgan fingerprint density at radius 3 is 2.52 bits per heavy atom. The molecule has 1 rings (SSSR count). The summed E-state index contributed by atoms with van der Waals surface area (Å²) in [5.74, 6) is -0.855. The normalized spacial score (nSPS) is 10.1. The number of urea groups is 1. The number of benzene rings is 1. The van der Waals surface area contributed by atoms with Gasteiger partial charge in [-0.1, -0.05) is 26.0 Å². The van der Waals surface area contributed by atoms with Gasteiger partial charge in [-0.2, -0.15) is 0 Å². The molecule has 0 bridgehead atoms. The van der Waals surface area contributed by atoms with Crippen molar-refractivity contribution in [2.45, 2.75) is 20.3 Å². The summed E-state index contributed by atoms with van der Waals surface area (Å²) in [6, 6.07) is 6.18. The number of esters is 1. The molecule has 0 spiro atoms. The maximum Gasteiger partial charge on any atom is 0.340 e. The van der Waals surface area contributed by atoms with E-state index in [2.05, 4.69) is 16.0 Å². The minimum Gasteiger partial charge on any atom is -0.452 e. The molecule has 0 saturated heterocycles. The van der Waals surface area contributed by atoms with Gasteiger partial charge in [0, 0.05) is 19.3 Å². The first-order chi connectivity index (χ1) is 10.9. The van der Waals surface area contributed by atoms with Crippen LogP contribution < -0.4 is 16.0 Å². The number of hydrogen-bond acceptors (Lipinski definition) is 5. The van der Waals surface area contributed by atoms with E-state index in [1.807, 2.05) is 13.8 Å². The van der Waals surface area contributed by atoms with E-state index in [9.17, 15) is 14.4 Å². The van der Waals surface area contributed by atoms with Crippen molar-refractivity contribution >= 4 is 23.6 Å². The van der Waals surface area contributed by atoms with E-state index in [0.717, 1.165) is 6.42 Å². The third kappa shape index (κ3) is 6.82. The van der Waals surface area contributed by atoms with Crippen LogP contribution in [0.15, 0.2) is 24.3 Å². The fourth-order valence-corrected chi connectivity index (χ4v) is 1.77. The van der Waals surface area contributed by atoms with Crippen LogP contribution in [-0.4, -0.2) is 38.1 Å². The molecule has 0 aliphatic heterocycles. The largest absolute Gasteiger partial charge is 0.452 e. The van der Waals surface area contributed by atoms with Crippen LogP contribution in [0.1, 0.15) is 30.6 Å². The Kier molecular flexibility index (Phi) is 7.59. The Morgan fingerprint density at radius 1 is 1.17 bits per heavy atom. The molecule has 0 saturated carbocycles.